The summed E-state index contributed by atoms with van der Waals surface area (Å²) in [6.45, 7) is 6.76. The molecule has 0 bridgehead atoms. The number of carbonyl (C=O) groups excluding carboxylic acids is 2. The molecule has 184 valence electrons. The molecule has 0 aromatic heterocycles. The Morgan fingerprint density at radius 1 is 0.581 bits per heavy atom. The monoisotopic (exact) mass is 440 g/mol. The van der Waals surface area contributed by atoms with E-state index in [2.05, 4.69) is 13.8 Å². The highest BCUT2D eigenvalue weighted by atomic mass is 16.5. The van der Waals surface area contributed by atoms with Crippen LogP contribution in [-0.2, 0) is 19.1 Å². The van der Waals surface area contributed by atoms with Crippen LogP contribution in [0.5, 0.6) is 0 Å². The molecular formula is C27H52O4. The minimum Gasteiger partial charge on any atom is -0.466 e. The second-order valence-corrected chi connectivity index (χ2v) is 9.11. The molecule has 31 heavy (non-hydrogen) atoms. The van der Waals surface area contributed by atoms with E-state index < -0.39 is 0 Å². The van der Waals surface area contributed by atoms with Gasteiger partial charge >= 0.3 is 11.9 Å². The number of rotatable bonds is 23. The molecule has 0 fully saturated rings. The van der Waals surface area contributed by atoms with Gasteiger partial charge < -0.3 is 9.47 Å². The lowest BCUT2D eigenvalue weighted by molar-refractivity contribution is -0.149. The van der Waals surface area contributed by atoms with E-state index in [0.717, 1.165) is 25.7 Å². The van der Waals surface area contributed by atoms with Gasteiger partial charge in [-0.15, -0.1) is 0 Å². The SMILES string of the molecule is CCCCCCCCCCCCCCCCCOC(=O)CCCC(=O)OC(C)CCC. The summed E-state index contributed by atoms with van der Waals surface area (Å²) in [5.41, 5.74) is 0. The van der Waals surface area contributed by atoms with Crippen LogP contribution in [0.2, 0.25) is 0 Å². The van der Waals surface area contributed by atoms with Gasteiger partial charge in [0.1, 0.15) is 0 Å². The molecule has 0 saturated heterocycles. The smallest absolute Gasteiger partial charge is 0.306 e. The molecule has 1 unspecified atom stereocenters. The van der Waals surface area contributed by atoms with Gasteiger partial charge in [-0.25, -0.2) is 0 Å². The average molecular weight is 441 g/mol. The van der Waals surface area contributed by atoms with Crippen molar-refractivity contribution in [1.82, 2.24) is 0 Å². The number of ether oxygens (including phenoxy) is 2. The van der Waals surface area contributed by atoms with Crippen LogP contribution in [0.4, 0.5) is 0 Å². The summed E-state index contributed by atoms with van der Waals surface area (Å²) >= 11 is 0. The molecule has 0 spiro atoms. The predicted octanol–water partition coefficient (Wildman–Crippen LogP) is 8.30. The van der Waals surface area contributed by atoms with Gasteiger partial charge in [-0.1, -0.05) is 110 Å². The third-order valence-corrected chi connectivity index (χ3v) is 5.80. The number of esters is 2. The normalized spacial score (nSPS) is 12.0. The molecule has 0 rings (SSSR count). The van der Waals surface area contributed by atoms with E-state index in [9.17, 15) is 9.59 Å². The van der Waals surface area contributed by atoms with Crippen LogP contribution in [0.1, 0.15) is 149 Å². The van der Waals surface area contributed by atoms with Crippen LogP contribution in [0, 0.1) is 0 Å². The fourth-order valence-electron chi connectivity index (χ4n) is 3.86. The lowest BCUT2D eigenvalue weighted by Crippen LogP contribution is -2.15. The summed E-state index contributed by atoms with van der Waals surface area (Å²) in [7, 11) is 0. The van der Waals surface area contributed by atoms with Crippen molar-refractivity contribution in [1.29, 1.82) is 0 Å². The highest BCUT2D eigenvalue weighted by molar-refractivity contribution is 5.72. The van der Waals surface area contributed by atoms with Crippen molar-refractivity contribution in [3.63, 3.8) is 0 Å². The zero-order valence-electron chi connectivity index (χ0n) is 21.1. The summed E-state index contributed by atoms with van der Waals surface area (Å²) in [5.74, 6) is -0.407. The fourth-order valence-corrected chi connectivity index (χ4v) is 3.86. The largest absolute Gasteiger partial charge is 0.466 e. The zero-order valence-corrected chi connectivity index (χ0v) is 21.1. The topological polar surface area (TPSA) is 52.6 Å². The van der Waals surface area contributed by atoms with Crippen molar-refractivity contribution in [2.75, 3.05) is 6.61 Å². The third-order valence-electron chi connectivity index (χ3n) is 5.80. The van der Waals surface area contributed by atoms with E-state index >= 15 is 0 Å². The highest BCUT2D eigenvalue weighted by Gasteiger charge is 2.10. The standard InChI is InChI=1S/C27H52O4/c1-4-6-7-8-9-10-11-12-13-14-15-16-17-18-19-24-30-26(28)22-20-23-27(29)31-25(3)21-5-2/h25H,4-24H2,1-3H3. The van der Waals surface area contributed by atoms with Crippen molar-refractivity contribution < 1.29 is 19.1 Å². The molecule has 0 radical (unpaired) electrons. The maximum atomic E-state index is 11.7. The Balaban J connectivity index is 3.28. The van der Waals surface area contributed by atoms with Crippen molar-refractivity contribution >= 4 is 11.9 Å². The second kappa shape index (κ2) is 23.6. The van der Waals surface area contributed by atoms with Gasteiger partial charge in [0.25, 0.3) is 0 Å². The molecule has 0 amide bonds. The van der Waals surface area contributed by atoms with E-state index in [1.807, 2.05) is 6.92 Å². The number of unbranched alkanes of at least 4 members (excludes halogenated alkanes) is 14. The summed E-state index contributed by atoms with van der Waals surface area (Å²) in [6.07, 6.45) is 22.9. The molecule has 0 saturated carbocycles. The average Bonchev–Trinajstić information content (AvgIpc) is 2.73. The van der Waals surface area contributed by atoms with Crippen LogP contribution in [0.25, 0.3) is 0 Å². The number of hydrogen-bond acceptors (Lipinski definition) is 4. The summed E-state index contributed by atoms with van der Waals surface area (Å²) < 4.78 is 10.5. The van der Waals surface area contributed by atoms with Gasteiger partial charge in [-0.3, -0.25) is 9.59 Å². The molecule has 0 N–H and O–H groups in total. The molecule has 4 nitrogen and oxygen atoms in total. The Morgan fingerprint density at radius 2 is 1.03 bits per heavy atom. The van der Waals surface area contributed by atoms with Crippen molar-refractivity contribution in [2.24, 2.45) is 0 Å². The van der Waals surface area contributed by atoms with Crippen LogP contribution in [0.3, 0.4) is 0 Å². The lowest BCUT2D eigenvalue weighted by Gasteiger charge is -2.11. The van der Waals surface area contributed by atoms with Crippen LogP contribution >= 0.6 is 0 Å². The fraction of sp³-hybridized carbons (Fsp3) is 0.926. The number of carbonyl (C=O) groups is 2. The zero-order chi connectivity index (χ0) is 23.0. The Morgan fingerprint density at radius 3 is 1.52 bits per heavy atom. The van der Waals surface area contributed by atoms with E-state index in [1.54, 1.807) is 0 Å². The quantitative estimate of drug-likeness (QED) is 0.118. The van der Waals surface area contributed by atoms with Gasteiger partial charge in [-0.05, 0) is 26.2 Å². The van der Waals surface area contributed by atoms with E-state index in [0.29, 0.717) is 25.9 Å². The molecule has 4 heteroatoms. The predicted molar refractivity (Wildman–Crippen MR) is 130 cm³/mol. The first-order valence-corrected chi connectivity index (χ1v) is 13.4. The molecule has 0 aliphatic rings. The molecule has 0 aromatic rings. The maximum Gasteiger partial charge on any atom is 0.306 e. The Bertz CT molecular complexity index is 408. The number of hydrogen-bond donors (Lipinski definition) is 0. The van der Waals surface area contributed by atoms with Gasteiger partial charge in [0.15, 0.2) is 0 Å². The van der Waals surface area contributed by atoms with Crippen LogP contribution in [-0.4, -0.2) is 24.6 Å². The summed E-state index contributed by atoms with van der Waals surface area (Å²) in [5, 5.41) is 0. The van der Waals surface area contributed by atoms with Crippen LogP contribution < -0.4 is 0 Å². The van der Waals surface area contributed by atoms with Gasteiger partial charge in [0, 0.05) is 12.8 Å². The van der Waals surface area contributed by atoms with Crippen LogP contribution in [0.15, 0.2) is 0 Å². The van der Waals surface area contributed by atoms with E-state index in [4.69, 9.17) is 9.47 Å². The Labute approximate surface area is 193 Å². The molecule has 0 aliphatic heterocycles. The van der Waals surface area contributed by atoms with Gasteiger partial charge in [0.05, 0.1) is 12.7 Å². The third kappa shape index (κ3) is 23.4. The lowest BCUT2D eigenvalue weighted by atomic mass is 10.0. The minimum atomic E-state index is -0.212. The molecule has 0 aliphatic carbocycles. The summed E-state index contributed by atoms with van der Waals surface area (Å²) in [6, 6.07) is 0. The molecule has 1 atom stereocenters. The van der Waals surface area contributed by atoms with E-state index in [1.165, 1.54) is 83.5 Å². The Kier molecular flexibility index (Phi) is 22.8. The molecule has 0 aromatic carbocycles. The first-order chi connectivity index (χ1) is 15.1. The van der Waals surface area contributed by atoms with Crippen molar-refractivity contribution in [3.8, 4) is 0 Å². The molecule has 0 heterocycles. The summed E-state index contributed by atoms with van der Waals surface area (Å²) in [4.78, 5) is 23.4. The first kappa shape index (κ1) is 29.9. The highest BCUT2D eigenvalue weighted by Crippen LogP contribution is 2.13. The van der Waals surface area contributed by atoms with Crippen molar-refractivity contribution in [3.05, 3.63) is 0 Å². The maximum absolute atomic E-state index is 11.7. The van der Waals surface area contributed by atoms with Gasteiger partial charge in [0.2, 0.25) is 0 Å². The Hall–Kier alpha value is -1.06. The second-order valence-electron chi connectivity index (χ2n) is 9.11. The minimum absolute atomic E-state index is 0.0328. The first-order valence-electron chi connectivity index (χ1n) is 13.4. The van der Waals surface area contributed by atoms with E-state index in [-0.39, 0.29) is 18.0 Å². The molecular weight excluding hydrogens is 388 g/mol. The van der Waals surface area contributed by atoms with Crippen molar-refractivity contribution in [2.45, 2.75) is 155 Å². The van der Waals surface area contributed by atoms with Gasteiger partial charge in [-0.2, -0.15) is 0 Å².